The fourth-order valence-corrected chi connectivity index (χ4v) is 3.96. The smallest absolute Gasteiger partial charge is 0.409 e. The van der Waals surface area contributed by atoms with Gasteiger partial charge in [-0.2, -0.15) is 5.26 Å². The zero-order valence-electron chi connectivity index (χ0n) is 14.6. The van der Waals surface area contributed by atoms with Gasteiger partial charge in [0.25, 0.3) is 0 Å². The number of carbonyl (C=O) groups excluding carboxylic acids is 1. The summed E-state index contributed by atoms with van der Waals surface area (Å²) in [6.07, 6.45) is -0.460. The number of likely N-dealkylation sites (tertiary alicyclic amines) is 1. The van der Waals surface area contributed by atoms with Gasteiger partial charge in [-0.25, -0.2) is 4.79 Å². The highest BCUT2D eigenvalue weighted by atomic mass is 16.6. The molecule has 0 bridgehead atoms. The van der Waals surface area contributed by atoms with Gasteiger partial charge in [0.05, 0.1) is 12.6 Å². The molecule has 2 aromatic rings. The molecule has 1 aliphatic carbocycles. The van der Waals surface area contributed by atoms with E-state index in [4.69, 9.17) is 4.74 Å². The van der Waals surface area contributed by atoms with Crippen molar-refractivity contribution in [3.05, 3.63) is 59.7 Å². The lowest BCUT2D eigenvalue weighted by molar-refractivity contribution is -0.144. The van der Waals surface area contributed by atoms with Crippen molar-refractivity contribution in [3.8, 4) is 17.2 Å². The summed E-state index contributed by atoms with van der Waals surface area (Å²) in [5.74, 6) is -1.25. The standard InChI is InChI=1S/C21H18N2O4/c22-12-21(19(24)25)9-10-23(13-21)20(26)27-11-18-16-7-3-1-5-14(16)15-6-2-4-8-17(15)18/h1-8,18H,9-11,13H2,(H,24,25). The number of carboxylic acid groups (broad SMARTS) is 1. The molecule has 2 aromatic carbocycles. The monoisotopic (exact) mass is 362 g/mol. The molecule has 1 unspecified atom stereocenters. The van der Waals surface area contributed by atoms with E-state index in [2.05, 4.69) is 12.1 Å². The number of carboxylic acids is 1. The second-order valence-electron chi connectivity index (χ2n) is 6.97. The minimum atomic E-state index is -1.54. The largest absolute Gasteiger partial charge is 0.480 e. The highest BCUT2D eigenvalue weighted by Crippen LogP contribution is 2.44. The SMILES string of the molecule is N#CC1(C(=O)O)CCN(C(=O)OCC2c3ccccc3-c3ccccc32)C1. The molecule has 0 aromatic heterocycles. The lowest BCUT2D eigenvalue weighted by Gasteiger charge is -2.20. The number of rotatable bonds is 3. The van der Waals surface area contributed by atoms with Gasteiger partial charge in [-0.3, -0.25) is 4.79 Å². The third-order valence-corrected chi connectivity index (χ3v) is 5.49. The number of amides is 1. The molecule has 6 nitrogen and oxygen atoms in total. The number of ether oxygens (including phenoxy) is 1. The van der Waals surface area contributed by atoms with Crippen LogP contribution >= 0.6 is 0 Å². The van der Waals surface area contributed by atoms with E-state index in [1.165, 1.54) is 4.90 Å². The van der Waals surface area contributed by atoms with E-state index in [-0.39, 0.29) is 32.0 Å². The van der Waals surface area contributed by atoms with Gasteiger partial charge in [-0.05, 0) is 28.7 Å². The van der Waals surface area contributed by atoms with Crippen LogP contribution in [0.2, 0.25) is 0 Å². The molecule has 1 heterocycles. The molecule has 136 valence electrons. The molecule has 0 spiro atoms. The summed E-state index contributed by atoms with van der Waals surface area (Å²) in [5, 5.41) is 18.5. The van der Waals surface area contributed by atoms with E-state index >= 15 is 0 Å². The van der Waals surface area contributed by atoms with Crippen LogP contribution in [0.5, 0.6) is 0 Å². The molecule has 0 radical (unpaired) electrons. The van der Waals surface area contributed by atoms with Crippen LogP contribution in [-0.4, -0.2) is 41.8 Å². The number of fused-ring (bicyclic) bond motifs is 3. The average Bonchev–Trinajstić information content (AvgIpc) is 3.27. The number of aliphatic carboxylic acids is 1. The van der Waals surface area contributed by atoms with E-state index in [1.807, 2.05) is 42.5 Å². The Hall–Kier alpha value is -3.33. The van der Waals surface area contributed by atoms with E-state index in [0.29, 0.717) is 0 Å². The van der Waals surface area contributed by atoms with Gasteiger partial charge in [0.15, 0.2) is 5.41 Å². The van der Waals surface area contributed by atoms with Crippen molar-refractivity contribution in [3.63, 3.8) is 0 Å². The summed E-state index contributed by atoms with van der Waals surface area (Å²) in [6, 6.07) is 17.9. The molecule has 27 heavy (non-hydrogen) atoms. The second-order valence-corrected chi connectivity index (χ2v) is 6.97. The van der Waals surface area contributed by atoms with Crippen molar-refractivity contribution >= 4 is 12.1 Å². The summed E-state index contributed by atoms with van der Waals surface area (Å²) in [4.78, 5) is 25.1. The molecule has 1 N–H and O–H groups in total. The molecular weight excluding hydrogens is 344 g/mol. The molecule has 2 aliphatic rings. The van der Waals surface area contributed by atoms with Crippen LogP contribution < -0.4 is 0 Å². The van der Waals surface area contributed by atoms with Crippen LogP contribution in [0.25, 0.3) is 11.1 Å². The van der Waals surface area contributed by atoms with E-state index in [9.17, 15) is 20.0 Å². The molecule has 4 rings (SSSR count). The molecule has 0 saturated carbocycles. The maximum Gasteiger partial charge on any atom is 0.409 e. The van der Waals surface area contributed by atoms with Crippen molar-refractivity contribution in [1.29, 1.82) is 5.26 Å². The first kappa shape index (κ1) is 17.1. The predicted octanol–water partition coefficient (Wildman–Crippen LogP) is 3.24. The van der Waals surface area contributed by atoms with Crippen LogP contribution in [0.4, 0.5) is 4.79 Å². The average molecular weight is 362 g/mol. The summed E-state index contributed by atoms with van der Waals surface area (Å²) in [7, 11) is 0. The third kappa shape index (κ3) is 2.72. The third-order valence-electron chi connectivity index (χ3n) is 5.49. The first-order valence-corrected chi connectivity index (χ1v) is 8.80. The van der Waals surface area contributed by atoms with Gasteiger partial charge in [-0.15, -0.1) is 0 Å². The number of hydrogen-bond donors (Lipinski definition) is 1. The van der Waals surface area contributed by atoms with Crippen molar-refractivity contribution in [1.82, 2.24) is 4.90 Å². The number of carbonyl (C=O) groups is 2. The summed E-state index contributed by atoms with van der Waals surface area (Å²) in [5.41, 5.74) is 2.98. The minimum absolute atomic E-state index is 0.0517. The van der Waals surface area contributed by atoms with Crippen LogP contribution in [0.15, 0.2) is 48.5 Å². The van der Waals surface area contributed by atoms with Crippen LogP contribution in [0, 0.1) is 16.7 Å². The van der Waals surface area contributed by atoms with Gasteiger partial charge in [0.2, 0.25) is 0 Å². The molecular formula is C21H18N2O4. The maximum atomic E-state index is 12.5. The number of hydrogen-bond acceptors (Lipinski definition) is 4. The fourth-order valence-electron chi connectivity index (χ4n) is 3.96. The zero-order chi connectivity index (χ0) is 19.0. The Bertz CT molecular complexity index is 919. The van der Waals surface area contributed by atoms with Gasteiger partial charge in [0, 0.05) is 12.5 Å². The molecule has 6 heteroatoms. The number of nitriles is 1. The maximum absolute atomic E-state index is 12.5. The van der Waals surface area contributed by atoms with Crippen molar-refractivity contribution < 1.29 is 19.4 Å². The molecule has 1 amide bonds. The summed E-state index contributed by atoms with van der Waals surface area (Å²) < 4.78 is 5.53. The predicted molar refractivity (Wildman–Crippen MR) is 96.9 cm³/mol. The van der Waals surface area contributed by atoms with E-state index < -0.39 is 17.5 Å². The van der Waals surface area contributed by atoms with E-state index in [0.717, 1.165) is 22.3 Å². The first-order valence-electron chi connectivity index (χ1n) is 8.80. The Labute approximate surface area is 156 Å². The van der Waals surface area contributed by atoms with Crippen LogP contribution in [-0.2, 0) is 9.53 Å². The quantitative estimate of drug-likeness (QED) is 0.905. The van der Waals surface area contributed by atoms with Crippen molar-refractivity contribution in [2.24, 2.45) is 5.41 Å². The molecule has 1 fully saturated rings. The van der Waals surface area contributed by atoms with Gasteiger partial charge in [0.1, 0.15) is 6.61 Å². The van der Waals surface area contributed by atoms with Crippen molar-refractivity contribution in [2.75, 3.05) is 19.7 Å². The Morgan fingerprint density at radius 1 is 1.15 bits per heavy atom. The summed E-state index contributed by atoms with van der Waals surface area (Å²) >= 11 is 0. The number of benzene rings is 2. The minimum Gasteiger partial charge on any atom is -0.480 e. The normalized spacial score (nSPS) is 20.6. The highest BCUT2D eigenvalue weighted by molar-refractivity contribution is 5.81. The molecule has 1 aliphatic heterocycles. The van der Waals surface area contributed by atoms with Crippen LogP contribution in [0.3, 0.4) is 0 Å². The Morgan fingerprint density at radius 2 is 1.74 bits per heavy atom. The van der Waals surface area contributed by atoms with E-state index in [1.54, 1.807) is 0 Å². The molecule has 1 atom stereocenters. The lowest BCUT2D eigenvalue weighted by atomic mass is 9.89. The van der Waals surface area contributed by atoms with Gasteiger partial charge in [-0.1, -0.05) is 48.5 Å². The Kier molecular flexibility index (Phi) is 4.08. The van der Waals surface area contributed by atoms with Gasteiger partial charge >= 0.3 is 12.1 Å². The fraction of sp³-hybridized carbons (Fsp3) is 0.286. The highest BCUT2D eigenvalue weighted by Gasteiger charge is 2.47. The lowest BCUT2D eigenvalue weighted by Crippen LogP contribution is -2.36. The second kappa shape index (κ2) is 6.44. The number of nitrogens with zero attached hydrogens (tertiary/aromatic N) is 2. The van der Waals surface area contributed by atoms with Gasteiger partial charge < -0.3 is 14.7 Å². The van der Waals surface area contributed by atoms with Crippen LogP contribution in [0.1, 0.15) is 23.5 Å². The first-order chi connectivity index (χ1) is 13.1. The molecule has 1 saturated heterocycles. The Morgan fingerprint density at radius 3 is 2.26 bits per heavy atom. The topological polar surface area (TPSA) is 90.6 Å². The Balaban J connectivity index is 1.49. The zero-order valence-corrected chi connectivity index (χ0v) is 14.6. The van der Waals surface area contributed by atoms with Crippen molar-refractivity contribution in [2.45, 2.75) is 12.3 Å². The summed E-state index contributed by atoms with van der Waals surface area (Å²) in [6.45, 7) is 0.238.